The molecule has 2 heterocycles. The molecule has 2 aromatic heterocycles. The average molecular weight is 356 g/mol. The van der Waals surface area contributed by atoms with Gasteiger partial charge in [0, 0.05) is 42.3 Å². The highest BCUT2D eigenvalue weighted by Gasteiger charge is 2.11. The Kier molecular flexibility index (Phi) is 5.40. The van der Waals surface area contributed by atoms with Crippen LogP contribution in [-0.4, -0.2) is 45.9 Å². The molecular weight excluding hydrogens is 338 g/mol. The molecular formula is C18H18ClN5O. The van der Waals surface area contributed by atoms with Gasteiger partial charge in [-0.1, -0.05) is 17.7 Å². The summed E-state index contributed by atoms with van der Waals surface area (Å²) in [5, 5.41) is 4.53. The van der Waals surface area contributed by atoms with E-state index in [-0.39, 0.29) is 12.5 Å². The van der Waals surface area contributed by atoms with Crippen LogP contribution in [0.25, 0.3) is 10.9 Å². The molecule has 0 aliphatic carbocycles. The zero-order chi connectivity index (χ0) is 17.6. The van der Waals surface area contributed by atoms with Crippen molar-refractivity contribution in [3.05, 3.63) is 59.6 Å². The zero-order valence-electron chi connectivity index (χ0n) is 13.8. The third-order valence-electron chi connectivity index (χ3n) is 3.86. The third kappa shape index (κ3) is 4.42. The number of nitrogens with zero attached hydrogens (tertiary/aromatic N) is 4. The average Bonchev–Trinajstić information content (AvgIpc) is 2.64. The summed E-state index contributed by atoms with van der Waals surface area (Å²) in [6, 6.07) is 11.2. The maximum atomic E-state index is 12.3. The van der Waals surface area contributed by atoms with E-state index in [2.05, 4.69) is 20.3 Å². The van der Waals surface area contributed by atoms with Gasteiger partial charge >= 0.3 is 0 Å². The Morgan fingerprint density at radius 2 is 2.08 bits per heavy atom. The van der Waals surface area contributed by atoms with Crippen molar-refractivity contribution < 1.29 is 4.79 Å². The normalized spacial score (nSPS) is 10.6. The Bertz CT molecular complexity index is 872. The summed E-state index contributed by atoms with van der Waals surface area (Å²) in [7, 11) is 1.78. The van der Waals surface area contributed by atoms with E-state index in [4.69, 9.17) is 11.6 Å². The molecule has 1 aromatic carbocycles. The van der Waals surface area contributed by atoms with E-state index in [9.17, 15) is 4.79 Å². The van der Waals surface area contributed by atoms with Crippen LogP contribution in [0.4, 0.5) is 5.82 Å². The molecule has 128 valence electrons. The Morgan fingerprint density at radius 1 is 1.20 bits per heavy atom. The Hall–Kier alpha value is -2.73. The van der Waals surface area contributed by atoms with Crippen LogP contribution >= 0.6 is 11.6 Å². The fourth-order valence-electron chi connectivity index (χ4n) is 2.42. The lowest BCUT2D eigenvalue weighted by molar-refractivity contribution is -0.128. The number of carbonyl (C=O) groups excluding carboxylic acids is 1. The number of nitrogens with one attached hydrogen (secondary N) is 1. The summed E-state index contributed by atoms with van der Waals surface area (Å²) in [5.74, 6) is 0.602. The second-order valence-electron chi connectivity index (χ2n) is 5.62. The molecule has 0 saturated carbocycles. The Morgan fingerprint density at radius 3 is 2.88 bits per heavy atom. The third-order valence-corrected chi connectivity index (χ3v) is 4.10. The van der Waals surface area contributed by atoms with Gasteiger partial charge in [0.05, 0.1) is 12.1 Å². The highest BCUT2D eigenvalue weighted by atomic mass is 35.5. The number of halogens is 1. The van der Waals surface area contributed by atoms with Crippen molar-refractivity contribution in [3.63, 3.8) is 0 Å². The maximum absolute atomic E-state index is 12.3. The molecule has 7 heteroatoms. The zero-order valence-corrected chi connectivity index (χ0v) is 14.6. The molecule has 0 fully saturated rings. The van der Waals surface area contributed by atoms with E-state index < -0.39 is 0 Å². The number of anilines is 1. The van der Waals surface area contributed by atoms with Gasteiger partial charge in [-0.2, -0.15) is 0 Å². The van der Waals surface area contributed by atoms with E-state index in [1.807, 2.05) is 24.3 Å². The molecule has 6 nitrogen and oxygen atoms in total. The lowest BCUT2D eigenvalue weighted by Gasteiger charge is -2.17. The van der Waals surface area contributed by atoms with Gasteiger partial charge in [0.15, 0.2) is 0 Å². The molecule has 0 bridgehead atoms. The topological polar surface area (TPSA) is 71.0 Å². The second-order valence-corrected chi connectivity index (χ2v) is 6.06. The number of pyridine rings is 1. The Balaban J connectivity index is 1.58. The molecule has 3 aromatic rings. The lowest BCUT2D eigenvalue weighted by atomic mass is 10.2. The lowest BCUT2D eigenvalue weighted by Crippen LogP contribution is -2.34. The number of aromatic nitrogens is 3. The van der Waals surface area contributed by atoms with Crippen molar-refractivity contribution in [3.8, 4) is 0 Å². The van der Waals surface area contributed by atoms with Crippen molar-refractivity contribution in [1.82, 2.24) is 19.9 Å². The molecule has 25 heavy (non-hydrogen) atoms. The number of carbonyl (C=O) groups is 1. The first-order valence-corrected chi connectivity index (χ1v) is 8.29. The van der Waals surface area contributed by atoms with Crippen LogP contribution in [0.15, 0.2) is 48.9 Å². The van der Waals surface area contributed by atoms with Gasteiger partial charge < -0.3 is 10.2 Å². The van der Waals surface area contributed by atoms with Crippen LogP contribution < -0.4 is 5.32 Å². The van der Waals surface area contributed by atoms with Gasteiger partial charge in [0.1, 0.15) is 12.1 Å². The van der Waals surface area contributed by atoms with Crippen LogP contribution in [0.5, 0.6) is 0 Å². The molecule has 0 saturated heterocycles. The Labute approximate surface area is 150 Å². The van der Waals surface area contributed by atoms with E-state index >= 15 is 0 Å². The van der Waals surface area contributed by atoms with E-state index in [0.29, 0.717) is 17.4 Å². The first-order valence-electron chi connectivity index (χ1n) is 7.91. The van der Waals surface area contributed by atoms with Crippen molar-refractivity contribution in [2.24, 2.45) is 0 Å². The molecule has 1 N–H and O–H groups in total. The molecule has 0 aliphatic rings. The van der Waals surface area contributed by atoms with E-state index in [1.54, 1.807) is 30.3 Å². The highest BCUT2D eigenvalue weighted by molar-refractivity contribution is 6.31. The number of benzene rings is 1. The summed E-state index contributed by atoms with van der Waals surface area (Å²) in [4.78, 5) is 26.7. The maximum Gasteiger partial charge on any atom is 0.241 e. The van der Waals surface area contributed by atoms with Gasteiger partial charge in [-0.15, -0.1) is 0 Å². The van der Waals surface area contributed by atoms with Crippen LogP contribution in [0, 0.1) is 0 Å². The first-order chi connectivity index (χ1) is 12.1. The van der Waals surface area contributed by atoms with Crippen LogP contribution in [0.1, 0.15) is 5.69 Å². The number of fused-ring (bicyclic) bond motifs is 1. The van der Waals surface area contributed by atoms with Gasteiger partial charge in [0.2, 0.25) is 5.91 Å². The first kappa shape index (κ1) is 17.1. The molecule has 0 aliphatic heterocycles. The SMILES string of the molecule is CN(CCc1ccccn1)C(=O)CNc1ncnc2cc(Cl)ccc12. The van der Waals surface area contributed by atoms with Gasteiger partial charge in [-0.25, -0.2) is 9.97 Å². The number of rotatable bonds is 6. The highest BCUT2D eigenvalue weighted by Crippen LogP contribution is 2.22. The van der Waals surface area contributed by atoms with Crippen molar-refractivity contribution in [2.45, 2.75) is 6.42 Å². The summed E-state index contributed by atoms with van der Waals surface area (Å²) < 4.78 is 0. The number of likely N-dealkylation sites (N-methyl/N-ethyl adjacent to an activating group) is 1. The van der Waals surface area contributed by atoms with Crippen molar-refractivity contribution in [2.75, 3.05) is 25.5 Å². The predicted octanol–water partition coefficient (Wildman–Crippen LogP) is 2.79. The quantitative estimate of drug-likeness (QED) is 0.736. The summed E-state index contributed by atoms with van der Waals surface area (Å²) in [6.45, 7) is 0.769. The molecule has 1 amide bonds. The smallest absolute Gasteiger partial charge is 0.241 e. The van der Waals surface area contributed by atoms with Gasteiger partial charge in [-0.3, -0.25) is 9.78 Å². The largest absolute Gasteiger partial charge is 0.360 e. The predicted molar refractivity (Wildman–Crippen MR) is 98.6 cm³/mol. The van der Waals surface area contributed by atoms with Crippen molar-refractivity contribution in [1.29, 1.82) is 0 Å². The molecule has 0 spiro atoms. The molecule has 0 radical (unpaired) electrons. The molecule has 0 atom stereocenters. The van der Waals surface area contributed by atoms with E-state index in [1.165, 1.54) is 6.33 Å². The number of hydrogen-bond acceptors (Lipinski definition) is 5. The van der Waals surface area contributed by atoms with Crippen LogP contribution in [-0.2, 0) is 11.2 Å². The second kappa shape index (κ2) is 7.90. The minimum Gasteiger partial charge on any atom is -0.360 e. The molecule has 0 unspecified atom stereocenters. The van der Waals surface area contributed by atoms with Crippen LogP contribution in [0.2, 0.25) is 5.02 Å². The summed E-state index contributed by atoms with van der Waals surface area (Å²) in [6.07, 6.45) is 3.93. The summed E-state index contributed by atoms with van der Waals surface area (Å²) in [5.41, 5.74) is 1.70. The summed E-state index contributed by atoms with van der Waals surface area (Å²) >= 11 is 5.98. The van der Waals surface area contributed by atoms with Gasteiger partial charge in [-0.05, 0) is 30.3 Å². The monoisotopic (exact) mass is 355 g/mol. The fraction of sp³-hybridized carbons (Fsp3) is 0.222. The van der Waals surface area contributed by atoms with Crippen LogP contribution in [0.3, 0.4) is 0 Å². The minimum atomic E-state index is -0.0170. The van der Waals surface area contributed by atoms with Gasteiger partial charge in [0.25, 0.3) is 0 Å². The fourth-order valence-corrected chi connectivity index (χ4v) is 2.58. The minimum absolute atomic E-state index is 0.0170. The molecule has 3 rings (SSSR count). The number of amides is 1. The number of hydrogen-bond donors (Lipinski definition) is 1. The van der Waals surface area contributed by atoms with E-state index in [0.717, 1.165) is 23.0 Å². The standard InChI is InChI=1S/C18H18ClN5O/c1-24(9-7-14-4-2-3-8-20-14)17(25)11-21-18-15-6-5-13(19)10-16(15)22-12-23-18/h2-6,8,10,12H,7,9,11H2,1H3,(H,21,22,23). The van der Waals surface area contributed by atoms with Crippen molar-refractivity contribution >= 4 is 34.2 Å².